The number of amides is 1. The fraction of sp³-hybridized carbons (Fsp3) is 0.412. The highest BCUT2D eigenvalue weighted by Crippen LogP contribution is 2.24. The van der Waals surface area contributed by atoms with E-state index in [1.54, 1.807) is 29.9 Å². The van der Waals surface area contributed by atoms with Gasteiger partial charge in [-0.15, -0.1) is 0 Å². The Balaban J connectivity index is 1.49. The molecule has 0 aliphatic carbocycles. The van der Waals surface area contributed by atoms with Crippen LogP contribution in [0.3, 0.4) is 0 Å². The second kappa shape index (κ2) is 8.02. The highest BCUT2D eigenvalue weighted by Gasteiger charge is 2.27. The second-order valence-electron chi connectivity index (χ2n) is 5.83. The molecule has 0 saturated carbocycles. The molecule has 0 spiro atoms. The molecular formula is C17H18N6OS. The fourth-order valence-electron chi connectivity index (χ4n) is 2.98. The van der Waals surface area contributed by atoms with E-state index in [0.29, 0.717) is 5.56 Å². The van der Waals surface area contributed by atoms with Crippen molar-refractivity contribution in [3.63, 3.8) is 0 Å². The monoisotopic (exact) mass is 354 g/mol. The van der Waals surface area contributed by atoms with Gasteiger partial charge in [0.05, 0.1) is 18.2 Å². The Morgan fingerprint density at radius 3 is 2.92 bits per heavy atom. The van der Waals surface area contributed by atoms with E-state index >= 15 is 0 Å². The number of pyridine rings is 1. The number of aromatic nitrogens is 1. The molecule has 2 aliphatic rings. The average molecular weight is 354 g/mol. The van der Waals surface area contributed by atoms with Gasteiger partial charge in [0.25, 0.3) is 0 Å². The zero-order chi connectivity index (χ0) is 17.6. The molecule has 2 aliphatic heterocycles. The molecule has 0 radical (unpaired) electrons. The summed E-state index contributed by atoms with van der Waals surface area (Å²) in [6.07, 6.45) is 5.12. The molecule has 3 heterocycles. The van der Waals surface area contributed by atoms with E-state index in [-0.39, 0.29) is 18.5 Å². The zero-order valence-corrected chi connectivity index (χ0v) is 14.4. The van der Waals surface area contributed by atoms with Crippen LogP contribution in [0.4, 0.5) is 5.82 Å². The Hall–Kier alpha value is -2.55. The second-order valence-corrected chi connectivity index (χ2v) is 6.82. The number of piperidine rings is 1. The predicted molar refractivity (Wildman–Crippen MR) is 95.2 cm³/mol. The molecule has 25 heavy (non-hydrogen) atoms. The smallest absolute Gasteiger partial charge is 0.242 e. The first-order chi connectivity index (χ1) is 12.2. The minimum Gasteiger partial charge on any atom is -0.355 e. The number of carbonyl (C=O) groups is 1. The van der Waals surface area contributed by atoms with E-state index in [4.69, 9.17) is 5.26 Å². The molecule has 1 saturated heterocycles. The first kappa shape index (κ1) is 17.3. The maximum Gasteiger partial charge on any atom is 0.242 e. The third-order valence-corrected chi connectivity index (χ3v) is 5.19. The van der Waals surface area contributed by atoms with Gasteiger partial charge in [-0.05, 0) is 30.4 Å². The molecule has 1 aromatic heterocycles. The number of nitriles is 2. The summed E-state index contributed by atoms with van der Waals surface area (Å²) < 4.78 is 0. The Morgan fingerprint density at radius 2 is 2.20 bits per heavy atom. The van der Waals surface area contributed by atoms with Crippen molar-refractivity contribution in [3.05, 3.63) is 35.5 Å². The molecule has 8 heteroatoms. The van der Waals surface area contributed by atoms with Crippen LogP contribution >= 0.6 is 11.8 Å². The van der Waals surface area contributed by atoms with Crippen LogP contribution in [-0.4, -0.2) is 46.8 Å². The molecule has 1 amide bonds. The number of rotatable bonds is 4. The van der Waals surface area contributed by atoms with Gasteiger partial charge in [0.15, 0.2) is 5.37 Å². The number of nitrogens with one attached hydrogen (secondary N) is 1. The van der Waals surface area contributed by atoms with Crippen molar-refractivity contribution in [2.75, 3.05) is 24.5 Å². The first-order valence-electron chi connectivity index (χ1n) is 8.09. The minimum atomic E-state index is -0.454. The topological polar surface area (TPSA) is 96.1 Å². The van der Waals surface area contributed by atoms with Crippen molar-refractivity contribution in [2.45, 2.75) is 24.3 Å². The van der Waals surface area contributed by atoms with Gasteiger partial charge in [-0.3, -0.25) is 9.69 Å². The lowest BCUT2D eigenvalue weighted by Gasteiger charge is -2.33. The van der Waals surface area contributed by atoms with Gasteiger partial charge in [0.2, 0.25) is 5.91 Å². The van der Waals surface area contributed by atoms with Crippen molar-refractivity contribution in [1.82, 2.24) is 15.2 Å². The fourth-order valence-corrected chi connectivity index (χ4v) is 3.71. The summed E-state index contributed by atoms with van der Waals surface area (Å²) in [5.41, 5.74) is 0.588. The summed E-state index contributed by atoms with van der Waals surface area (Å²) in [5, 5.41) is 22.8. The number of anilines is 1. The Kier molecular flexibility index (Phi) is 5.54. The number of carbonyl (C=O) groups excluding carboxylic acids is 1. The molecule has 7 nitrogen and oxygen atoms in total. The van der Waals surface area contributed by atoms with Crippen LogP contribution < -0.4 is 10.2 Å². The molecule has 1 fully saturated rings. The number of hydrogen-bond donors (Lipinski definition) is 1. The number of hydrogen-bond acceptors (Lipinski definition) is 7. The van der Waals surface area contributed by atoms with Crippen molar-refractivity contribution >= 4 is 23.5 Å². The Bertz CT molecular complexity index is 744. The summed E-state index contributed by atoms with van der Waals surface area (Å²) in [6.45, 7) is 1.80. The summed E-state index contributed by atoms with van der Waals surface area (Å²) in [4.78, 5) is 20.1. The maximum absolute atomic E-state index is 12.2. The van der Waals surface area contributed by atoms with E-state index in [2.05, 4.69) is 27.3 Å². The van der Waals surface area contributed by atoms with Gasteiger partial charge in [-0.25, -0.2) is 4.98 Å². The molecule has 3 rings (SSSR count). The predicted octanol–water partition coefficient (Wildman–Crippen LogP) is 1.41. The van der Waals surface area contributed by atoms with Crippen LogP contribution in [-0.2, 0) is 4.79 Å². The van der Waals surface area contributed by atoms with Crippen molar-refractivity contribution < 1.29 is 4.79 Å². The van der Waals surface area contributed by atoms with Gasteiger partial charge in [-0.1, -0.05) is 11.8 Å². The highest BCUT2D eigenvalue weighted by molar-refractivity contribution is 8.03. The lowest BCUT2D eigenvalue weighted by atomic mass is 10.0. The molecule has 0 unspecified atom stereocenters. The Morgan fingerprint density at radius 1 is 1.40 bits per heavy atom. The van der Waals surface area contributed by atoms with Crippen LogP contribution in [0.2, 0.25) is 0 Å². The van der Waals surface area contributed by atoms with E-state index in [1.807, 2.05) is 0 Å². The molecule has 1 atom stereocenters. The highest BCUT2D eigenvalue weighted by atomic mass is 32.2. The molecule has 0 bridgehead atoms. The van der Waals surface area contributed by atoms with E-state index in [1.165, 1.54) is 16.7 Å². The SMILES string of the molecule is N#Cc1cccnc1N1CCC(NCC(=O)N2C=CS[C@@H]2C#N)CC1. The van der Waals surface area contributed by atoms with Gasteiger partial charge >= 0.3 is 0 Å². The largest absolute Gasteiger partial charge is 0.355 e. The summed E-state index contributed by atoms with van der Waals surface area (Å²) in [5.74, 6) is 0.641. The third-order valence-electron chi connectivity index (χ3n) is 4.32. The first-order valence-corrected chi connectivity index (χ1v) is 9.03. The summed E-state index contributed by atoms with van der Waals surface area (Å²) in [7, 11) is 0. The average Bonchev–Trinajstić information content (AvgIpc) is 3.15. The van der Waals surface area contributed by atoms with Crippen LogP contribution in [0.25, 0.3) is 0 Å². The normalized spacial score (nSPS) is 20.3. The molecule has 1 N–H and O–H groups in total. The van der Waals surface area contributed by atoms with Crippen molar-refractivity contribution in [2.24, 2.45) is 0 Å². The number of thioether (sulfide) groups is 1. The standard InChI is InChI=1S/C17H18N6OS/c18-10-13-2-1-5-20-17(13)22-6-3-14(4-7-22)21-12-15(24)23-8-9-25-16(23)11-19/h1-2,5,8-9,14,16,21H,3-4,6-7,12H2/t16-/m1/s1. The van der Waals surface area contributed by atoms with Crippen molar-refractivity contribution in [1.29, 1.82) is 10.5 Å². The van der Waals surface area contributed by atoms with Gasteiger partial charge in [0, 0.05) is 31.5 Å². The summed E-state index contributed by atoms with van der Waals surface area (Å²) in [6, 6.07) is 8.07. The third kappa shape index (κ3) is 3.93. The van der Waals surface area contributed by atoms with Crippen LogP contribution in [0.15, 0.2) is 29.9 Å². The Labute approximate surface area is 150 Å². The van der Waals surface area contributed by atoms with Crippen LogP contribution in [0.5, 0.6) is 0 Å². The van der Waals surface area contributed by atoms with Crippen molar-refractivity contribution in [3.8, 4) is 12.1 Å². The quantitative estimate of drug-likeness (QED) is 0.873. The van der Waals surface area contributed by atoms with Crippen LogP contribution in [0.1, 0.15) is 18.4 Å². The molecule has 0 aromatic carbocycles. The van der Waals surface area contributed by atoms with E-state index in [0.717, 1.165) is 31.7 Å². The van der Waals surface area contributed by atoms with Gasteiger partial charge in [-0.2, -0.15) is 10.5 Å². The maximum atomic E-state index is 12.2. The van der Waals surface area contributed by atoms with E-state index < -0.39 is 5.37 Å². The van der Waals surface area contributed by atoms with Gasteiger partial charge < -0.3 is 10.2 Å². The number of nitrogens with zero attached hydrogens (tertiary/aromatic N) is 5. The van der Waals surface area contributed by atoms with E-state index in [9.17, 15) is 10.1 Å². The molecular weight excluding hydrogens is 336 g/mol. The lowest BCUT2D eigenvalue weighted by molar-refractivity contribution is -0.127. The minimum absolute atomic E-state index is 0.0910. The zero-order valence-electron chi connectivity index (χ0n) is 13.6. The molecule has 128 valence electrons. The van der Waals surface area contributed by atoms with Gasteiger partial charge in [0.1, 0.15) is 11.9 Å². The van der Waals surface area contributed by atoms with Crippen LogP contribution in [0, 0.1) is 22.7 Å². The molecule has 1 aromatic rings. The lowest BCUT2D eigenvalue weighted by Crippen LogP contribution is -2.46. The summed E-state index contributed by atoms with van der Waals surface area (Å²) >= 11 is 1.34.